The van der Waals surface area contributed by atoms with Gasteiger partial charge in [-0.05, 0) is 63.2 Å². The maximum absolute atomic E-state index is 12.2. The van der Waals surface area contributed by atoms with Crippen LogP contribution in [0.2, 0.25) is 0 Å². The number of carbonyl (C=O) groups is 1. The maximum Gasteiger partial charge on any atom is 0.319 e. The average molecular weight is 356 g/mol. The summed E-state index contributed by atoms with van der Waals surface area (Å²) in [5.74, 6) is 0.476. The van der Waals surface area contributed by atoms with E-state index in [-0.39, 0.29) is 17.1 Å². The number of fused-ring (bicyclic) bond motifs is 1. The lowest BCUT2D eigenvalue weighted by atomic mass is 10.1. The first-order valence-corrected chi connectivity index (χ1v) is 9.13. The molecule has 6 nitrogen and oxygen atoms in total. The molecule has 2 heterocycles. The molecule has 140 valence electrons. The number of benzene rings is 1. The number of urea groups is 1. The Morgan fingerprint density at radius 2 is 2.04 bits per heavy atom. The van der Waals surface area contributed by atoms with Crippen molar-refractivity contribution in [2.24, 2.45) is 13.0 Å². The predicted octanol–water partition coefficient (Wildman–Crippen LogP) is 2.78. The minimum absolute atomic E-state index is 0.0696. The monoisotopic (exact) mass is 356 g/mol. The van der Waals surface area contributed by atoms with Crippen LogP contribution in [0.5, 0.6) is 0 Å². The quantitative estimate of drug-likeness (QED) is 0.889. The highest BCUT2D eigenvalue weighted by atomic mass is 16.2. The van der Waals surface area contributed by atoms with Gasteiger partial charge in [-0.3, -0.25) is 9.69 Å². The Balaban J connectivity index is 1.58. The molecular weight excluding hydrogens is 328 g/mol. The van der Waals surface area contributed by atoms with Crippen LogP contribution in [0.3, 0.4) is 0 Å². The molecule has 0 spiro atoms. The number of pyridine rings is 1. The van der Waals surface area contributed by atoms with Crippen molar-refractivity contribution >= 4 is 22.5 Å². The molecular formula is C20H28N4O2. The van der Waals surface area contributed by atoms with Crippen LogP contribution in [-0.2, 0) is 7.05 Å². The second-order valence-electron chi connectivity index (χ2n) is 8.14. The molecule has 1 atom stereocenters. The third-order valence-electron chi connectivity index (χ3n) is 5.13. The normalized spacial score (nSPS) is 18.2. The van der Waals surface area contributed by atoms with Gasteiger partial charge in [0.25, 0.3) is 5.56 Å². The van der Waals surface area contributed by atoms with E-state index < -0.39 is 0 Å². The Morgan fingerprint density at radius 3 is 2.73 bits per heavy atom. The Labute approximate surface area is 154 Å². The molecule has 26 heavy (non-hydrogen) atoms. The predicted molar refractivity (Wildman–Crippen MR) is 106 cm³/mol. The van der Waals surface area contributed by atoms with Gasteiger partial charge in [0.15, 0.2) is 0 Å². The second kappa shape index (κ2) is 7.11. The minimum Gasteiger partial charge on any atom is -0.338 e. The van der Waals surface area contributed by atoms with Gasteiger partial charge in [-0.2, -0.15) is 0 Å². The zero-order valence-electron chi connectivity index (χ0n) is 16.0. The van der Waals surface area contributed by atoms with Crippen LogP contribution in [0, 0.1) is 5.92 Å². The van der Waals surface area contributed by atoms with E-state index in [4.69, 9.17) is 0 Å². The van der Waals surface area contributed by atoms with Crippen molar-refractivity contribution in [3.8, 4) is 0 Å². The summed E-state index contributed by atoms with van der Waals surface area (Å²) in [6.07, 6.45) is 2.84. The van der Waals surface area contributed by atoms with Crippen molar-refractivity contribution in [1.29, 1.82) is 0 Å². The Hall–Kier alpha value is -2.34. The fraction of sp³-hybridized carbons (Fsp3) is 0.500. The summed E-state index contributed by atoms with van der Waals surface area (Å²) in [6.45, 7) is 9.41. The van der Waals surface area contributed by atoms with E-state index in [0.29, 0.717) is 23.5 Å². The van der Waals surface area contributed by atoms with Crippen LogP contribution >= 0.6 is 0 Å². The number of anilines is 1. The van der Waals surface area contributed by atoms with Crippen LogP contribution in [0.15, 0.2) is 35.3 Å². The molecule has 2 amide bonds. The third kappa shape index (κ3) is 4.07. The maximum atomic E-state index is 12.2. The molecule has 6 heteroatoms. The number of likely N-dealkylation sites (tertiary alicyclic amines) is 1. The summed E-state index contributed by atoms with van der Waals surface area (Å²) >= 11 is 0. The third-order valence-corrected chi connectivity index (χ3v) is 5.13. The molecule has 1 aromatic carbocycles. The highest BCUT2D eigenvalue weighted by Gasteiger charge is 2.30. The van der Waals surface area contributed by atoms with Crippen LogP contribution in [0.1, 0.15) is 27.2 Å². The van der Waals surface area contributed by atoms with E-state index in [1.165, 1.54) is 4.57 Å². The standard InChI is InChI=1S/C20H28N4O2/c1-20(2,3)24-10-7-14(13-24)12-21-19(26)22-16-6-5-15-8-9-23(4)18(25)17(15)11-16/h5-6,8-9,11,14H,7,10,12-13H2,1-4H3,(H2,21,22,26). The molecule has 1 fully saturated rings. The minimum atomic E-state index is -0.230. The van der Waals surface area contributed by atoms with E-state index >= 15 is 0 Å². The van der Waals surface area contributed by atoms with Crippen molar-refractivity contribution < 1.29 is 4.79 Å². The highest BCUT2D eigenvalue weighted by molar-refractivity contribution is 5.93. The van der Waals surface area contributed by atoms with E-state index in [0.717, 1.165) is 24.9 Å². The largest absolute Gasteiger partial charge is 0.338 e. The first-order valence-electron chi connectivity index (χ1n) is 9.13. The fourth-order valence-electron chi connectivity index (χ4n) is 3.44. The lowest BCUT2D eigenvalue weighted by Gasteiger charge is -2.31. The van der Waals surface area contributed by atoms with Gasteiger partial charge < -0.3 is 15.2 Å². The summed E-state index contributed by atoms with van der Waals surface area (Å²) in [4.78, 5) is 26.9. The fourth-order valence-corrected chi connectivity index (χ4v) is 3.44. The second-order valence-corrected chi connectivity index (χ2v) is 8.14. The van der Waals surface area contributed by atoms with Gasteiger partial charge in [-0.1, -0.05) is 6.07 Å². The smallest absolute Gasteiger partial charge is 0.319 e. The zero-order valence-corrected chi connectivity index (χ0v) is 16.0. The number of nitrogens with zero attached hydrogens (tertiary/aromatic N) is 2. The molecule has 0 radical (unpaired) electrons. The molecule has 3 rings (SSSR count). The average Bonchev–Trinajstić information content (AvgIpc) is 3.06. The van der Waals surface area contributed by atoms with E-state index in [1.54, 1.807) is 19.3 Å². The van der Waals surface area contributed by atoms with Crippen molar-refractivity contribution in [2.45, 2.75) is 32.7 Å². The van der Waals surface area contributed by atoms with E-state index in [1.807, 2.05) is 18.2 Å². The number of hydrogen-bond acceptors (Lipinski definition) is 3. The van der Waals surface area contributed by atoms with Crippen molar-refractivity contribution in [3.63, 3.8) is 0 Å². The van der Waals surface area contributed by atoms with Crippen LogP contribution < -0.4 is 16.2 Å². The van der Waals surface area contributed by atoms with Gasteiger partial charge in [0.05, 0.1) is 0 Å². The van der Waals surface area contributed by atoms with Gasteiger partial charge >= 0.3 is 6.03 Å². The molecule has 2 aromatic rings. The lowest BCUT2D eigenvalue weighted by molar-refractivity contribution is 0.168. The number of aryl methyl sites for hydroxylation is 1. The molecule has 0 aliphatic carbocycles. The molecule has 2 N–H and O–H groups in total. The SMILES string of the molecule is Cn1ccc2ccc(NC(=O)NCC3CCN(C(C)(C)C)C3)cc2c1=O. The molecule has 1 aliphatic rings. The van der Waals surface area contributed by atoms with Gasteiger partial charge in [0.2, 0.25) is 0 Å². The number of aromatic nitrogens is 1. The molecule has 0 saturated carbocycles. The number of nitrogens with one attached hydrogen (secondary N) is 2. The van der Waals surface area contributed by atoms with Gasteiger partial charge in [0.1, 0.15) is 0 Å². The lowest BCUT2D eigenvalue weighted by Crippen LogP contribution is -2.40. The van der Waals surface area contributed by atoms with Crippen molar-refractivity contribution in [3.05, 3.63) is 40.8 Å². The molecule has 1 aromatic heterocycles. The summed E-state index contributed by atoms with van der Waals surface area (Å²) in [7, 11) is 1.72. The summed E-state index contributed by atoms with van der Waals surface area (Å²) in [6, 6.07) is 7.06. The van der Waals surface area contributed by atoms with Crippen LogP contribution in [-0.4, -0.2) is 40.7 Å². The molecule has 1 saturated heterocycles. The summed E-state index contributed by atoms with van der Waals surface area (Å²) < 4.78 is 1.53. The topological polar surface area (TPSA) is 66.4 Å². The van der Waals surface area contributed by atoms with Gasteiger partial charge in [0, 0.05) is 42.9 Å². The summed E-state index contributed by atoms with van der Waals surface area (Å²) in [5.41, 5.74) is 0.731. The summed E-state index contributed by atoms with van der Waals surface area (Å²) in [5, 5.41) is 7.26. The zero-order chi connectivity index (χ0) is 18.9. The Bertz CT molecular complexity index is 866. The highest BCUT2D eigenvalue weighted by Crippen LogP contribution is 2.24. The number of amides is 2. The van der Waals surface area contributed by atoms with Crippen molar-refractivity contribution in [2.75, 3.05) is 25.0 Å². The van der Waals surface area contributed by atoms with E-state index in [9.17, 15) is 9.59 Å². The van der Waals surface area contributed by atoms with Crippen molar-refractivity contribution in [1.82, 2.24) is 14.8 Å². The first kappa shape index (κ1) is 18.5. The van der Waals surface area contributed by atoms with Crippen LogP contribution in [0.25, 0.3) is 10.8 Å². The van der Waals surface area contributed by atoms with Gasteiger partial charge in [-0.25, -0.2) is 4.79 Å². The Kier molecular flexibility index (Phi) is 5.05. The number of hydrogen-bond donors (Lipinski definition) is 2. The molecule has 1 aliphatic heterocycles. The van der Waals surface area contributed by atoms with Gasteiger partial charge in [-0.15, -0.1) is 0 Å². The number of rotatable bonds is 3. The molecule has 1 unspecified atom stereocenters. The van der Waals surface area contributed by atoms with E-state index in [2.05, 4.69) is 36.3 Å². The first-order chi connectivity index (χ1) is 12.2. The van der Waals surface area contributed by atoms with Crippen LogP contribution in [0.4, 0.5) is 10.5 Å². The number of carbonyl (C=O) groups excluding carboxylic acids is 1. The Morgan fingerprint density at radius 1 is 1.27 bits per heavy atom. The molecule has 0 bridgehead atoms.